The first-order valence-corrected chi connectivity index (χ1v) is 11.2. The average Bonchev–Trinajstić information content (AvgIpc) is 3.19. The minimum absolute atomic E-state index is 0.0326. The minimum atomic E-state index is -0.0326. The third-order valence-electron chi connectivity index (χ3n) is 6.43. The third-order valence-corrected chi connectivity index (χ3v) is 6.43. The lowest BCUT2D eigenvalue weighted by Gasteiger charge is -2.30. The number of quaternary nitrogens is 1. The number of aromatic nitrogens is 4. The molecular formula is C22H33N6O+. The molecule has 7 nitrogen and oxygen atoms in total. The summed E-state index contributed by atoms with van der Waals surface area (Å²) in [4.78, 5) is 15.3. The summed E-state index contributed by atoms with van der Waals surface area (Å²) in [6, 6.07) is 9.50. The minimum Gasteiger partial charge on any atom is -0.352 e. The van der Waals surface area contributed by atoms with Crippen LogP contribution in [0, 0.1) is 0 Å². The number of carbonyl (C=O) groups excluding carboxylic acids is 1. The monoisotopic (exact) mass is 397 g/mol. The Balaban J connectivity index is 1.32. The predicted molar refractivity (Wildman–Crippen MR) is 111 cm³/mol. The highest BCUT2D eigenvalue weighted by atomic mass is 16.2. The Morgan fingerprint density at radius 3 is 2.62 bits per heavy atom. The Labute approximate surface area is 172 Å². The van der Waals surface area contributed by atoms with E-state index in [4.69, 9.17) is 0 Å². The number of carbonyl (C=O) groups is 1. The maximum atomic E-state index is 12.2. The number of piperidine rings is 1. The Hall–Kier alpha value is -2.28. The molecule has 1 aromatic heterocycles. The third kappa shape index (κ3) is 5.41. The Bertz CT molecular complexity index is 796. The molecule has 1 aliphatic carbocycles. The second-order valence-electron chi connectivity index (χ2n) is 8.72. The number of tetrazole rings is 1. The van der Waals surface area contributed by atoms with Crippen LogP contribution < -0.4 is 10.2 Å². The van der Waals surface area contributed by atoms with Gasteiger partial charge in [-0.15, -0.1) is 10.2 Å². The van der Waals surface area contributed by atoms with E-state index in [1.165, 1.54) is 55.4 Å². The van der Waals surface area contributed by atoms with Crippen LogP contribution in [-0.4, -0.2) is 44.7 Å². The van der Waals surface area contributed by atoms with Crippen molar-refractivity contribution in [3.63, 3.8) is 0 Å². The first-order chi connectivity index (χ1) is 14.2. The second kappa shape index (κ2) is 9.48. The molecule has 1 amide bonds. The highest BCUT2D eigenvalue weighted by molar-refractivity contribution is 5.75. The Morgan fingerprint density at radius 1 is 1.10 bits per heavy atom. The summed E-state index contributed by atoms with van der Waals surface area (Å²) in [5.74, 6) is 0.538. The van der Waals surface area contributed by atoms with E-state index in [1.54, 1.807) is 4.90 Å². The molecule has 4 rings (SSSR count). The molecule has 29 heavy (non-hydrogen) atoms. The quantitative estimate of drug-likeness (QED) is 0.779. The molecule has 2 N–H and O–H groups in total. The van der Waals surface area contributed by atoms with Gasteiger partial charge in [0.05, 0.1) is 12.6 Å². The lowest BCUT2D eigenvalue weighted by Crippen LogP contribution is -3.14. The first-order valence-electron chi connectivity index (χ1n) is 11.2. The summed E-state index contributed by atoms with van der Waals surface area (Å²) in [5, 5.41) is 15.7. The van der Waals surface area contributed by atoms with Crippen molar-refractivity contribution in [1.29, 1.82) is 0 Å². The van der Waals surface area contributed by atoms with Crippen LogP contribution in [0.5, 0.6) is 0 Å². The second-order valence-corrected chi connectivity index (χ2v) is 8.72. The summed E-state index contributed by atoms with van der Waals surface area (Å²) >= 11 is 0. The molecule has 2 atom stereocenters. The van der Waals surface area contributed by atoms with E-state index in [0.29, 0.717) is 11.9 Å². The first kappa shape index (κ1) is 20.0. The van der Waals surface area contributed by atoms with E-state index in [9.17, 15) is 4.79 Å². The van der Waals surface area contributed by atoms with Gasteiger partial charge in [-0.1, -0.05) is 43.5 Å². The van der Waals surface area contributed by atoms with E-state index in [0.717, 1.165) is 31.0 Å². The molecule has 7 heteroatoms. The van der Waals surface area contributed by atoms with Crippen molar-refractivity contribution in [3.05, 3.63) is 29.8 Å². The Morgan fingerprint density at radius 2 is 1.86 bits per heavy atom. The standard InChI is InChI=1S/C22H32N6O/c1-17-7-5-6-14-27(17)15-18-10-12-19(13-11-18)22-24-26-28(25-22)16-21(29)23-20-8-3-2-4-9-20/h10-13,17,20H,2-9,14-16H2,1H3,(H,23,29)/p+1/t17-/m1/s1. The smallest absolute Gasteiger partial charge is 0.243 e. The lowest BCUT2D eigenvalue weighted by atomic mass is 9.95. The molecule has 0 bridgehead atoms. The number of hydrogen-bond acceptors (Lipinski definition) is 4. The summed E-state index contributed by atoms with van der Waals surface area (Å²) in [6.45, 7) is 4.82. The van der Waals surface area contributed by atoms with E-state index in [-0.39, 0.29) is 12.5 Å². The van der Waals surface area contributed by atoms with Crippen molar-refractivity contribution in [2.75, 3.05) is 6.54 Å². The molecule has 0 spiro atoms. The summed E-state index contributed by atoms with van der Waals surface area (Å²) in [7, 11) is 0. The molecule has 1 unspecified atom stereocenters. The van der Waals surface area contributed by atoms with Crippen molar-refractivity contribution in [3.8, 4) is 11.4 Å². The van der Waals surface area contributed by atoms with E-state index >= 15 is 0 Å². The van der Waals surface area contributed by atoms with Crippen LogP contribution in [0.2, 0.25) is 0 Å². The zero-order valence-corrected chi connectivity index (χ0v) is 17.4. The lowest BCUT2D eigenvalue weighted by molar-refractivity contribution is -0.941. The van der Waals surface area contributed by atoms with Crippen LogP contribution in [0.1, 0.15) is 63.9 Å². The maximum Gasteiger partial charge on any atom is 0.243 e. The maximum absolute atomic E-state index is 12.2. The van der Waals surface area contributed by atoms with E-state index in [2.05, 4.69) is 51.9 Å². The average molecular weight is 398 g/mol. The van der Waals surface area contributed by atoms with Crippen LogP contribution >= 0.6 is 0 Å². The topological polar surface area (TPSA) is 77.1 Å². The number of hydrogen-bond donors (Lipinski definition) is 2. The van der Waals surface area contributed by atoms with Gasteiger partial charge < -0.3 is 10.2 Å². The van der Waals surface area contributed by atoms with Crippen molar-refractivity contribution < 1.29 is 9.69 Å². The van der Waals surface area contributed by atoms with Gasteiger partial charge in [-0.25, -0.2) is 0 Å². The molecule has 1 aromatic carbocycles. The van der Waals surface area contributed by atoms with Crippen molar-refractivity contribution in [2.24, 2.45) is 0 Å². The highest BCUT2D eigenvalue weighted by Crippen LogP contribution is 2.17. The normalized spacial score (nSPS) is 23.1. The van der Waals surface area contributed by atoms with Crippen molar-refractivity contribution in [2.45, 2.75) is 83.5 Å². The van der Waals surface area contributed by atoms with Crippen LogP contribution in [0.25, 0.3) is 11.4 Å². The van der Waals surface area contributed by atoms with Gasteiger partial charge in [-0.3, -0.25) is 4.79 Å². The molecule has 1 saturated carbocycles. The zero-order chi connectivity index (χ0) is 20.1. The molecule has 1 aliphatic heterocycles. The summed E-state index contributed by atoms with van der Waals surface area (Å²) in [5.41, 5.74) is 2.28. The number of rotatable bonds is 6. The van der Waals surface area contributed by atoms with Gasteiger partial charge >= 0.3 is 0 Å². The van der Waals surface area contributed by atoms with Gasteiger partial charge in [0.1, 0.15) is 13.1 Å². The van der Waals surface area contributed by atoms with Gasteiger partial charge in [-0.05, 0) is 44.2 Å². The Kier molecular flexibility index (Phi) is 6.54. The number of nitrogens with zero attached hydrogens (tertiary/aromatic N) is 4. The van der Waals surface area contributed by atoms with Gasteiger partial charge in [0.2, 0.25) is 11.7 Å². The van der Waals surface area contributed by atoms with Gasteiger partial charge in [-0.2, -0.15) is 4.80 Å². The largest absolute Gasteiger partial charge is 0.352 e. The molecular weight excluding hydrogens is 364 g/mol. The van der Waals surface area contributed by atoms with Crippen LogP contribution in [-0.2, 0) is 17.9 Å². The highest BCUT2D eigenvalue weighted by Gasteiger charge is 2.22. The van der Waals surface area contributed by atoms with Crippen LogP contribution in [0.15, 0.2) is 24.3 Å². The summed E-state index contributed by atoms with van der Waals surface area (Å²) < 4.78 is 0. The molecule has 2 aliphatic rings. The zero-order valence-electron chi connectivity index (χ0n) is 17.4. The van der Waals surface area contributed by atoms with Crippen LogP contribution in [0.3, 0.4) is 0 Å². The molecule has 1 saturated heterocycles. The molecule has 2 heterocycles. The number of nitrogens with one attached hydrogen (secondary N) is 2. The number of benzene rings is 1. The predicted octanol–water partition coefficient (Wildman–Crippen LogP) is 1.75. The fraction of sp³-hybridized carbons (Fsp3) is 0.636. The van der Waals surface area contributed by atoms with Crippen LogP contribution in [0.4, 0.5) is 0 Å². The molecule has 156 valence electrons. The number of amides is 1. The van der Waals surface area contributed by atoms with Crippen molar-refractivity contribution in [1.82, 2.24) is 25.5 Å². The SMILES string of the molecule is C[C@@H]1CCCC[NH+]1Cc1ccc(-c2nnn(CC(=O)NC3CCCCC3)n2)cc1. The van der Waals surface area contributed by atoms with Gasteiger partial charge in [0.25, 0.3) is 0 Å². The van der Waals surface area contributed by atoms with Crippen molar-refractivity contribution >= 4 is 5.91 Å². The van der Waals surface area contributed by atoms with E-state index < -0.39 is 0 Å². The molecule has 2 fully saturated rings. The fourth-order valence-electron chi connectivity index (χ4n) is 4.62. The number of likely N-dealkylation sites (tertiary alicyclic amines) is 1. The van der Waals surface area contributed by atoms with Gasteiger partial charge in [0, 0.05) is 17.2 Å². The van der Waals surface area contributed by atoms with E-state index in [1.807, 2.05) is 0 Å². The molecule has 2 aromatic rings. The fourth-order valence-corrected chi connectivity index (χ4v) is 4.62. The summed E-state index contributed by atoms with van der Waals surface area (Å²) in [6.07, 6.45) is 9.85. The molecule has 0 radical (unpaired) electrons. The van der Waals surface area contributed by atoms with Gasteiger partial charge in [0.15, 0.2) is 0 Å².